The van der Waals surface area contributed by atoms with Crippen LogP contribution in [-0.2, 0) is 0 Å². The molecule has 0 aliphatic rings. The summed E-state index contributed by atoms with van der Waals surface area (Å²) in [6.07, 6.45) is 0. The number of thiol groups is 1. The van der Waals surface area contributed by atoms with Gasteiger partial charge in [-0.3, -0.25) is 10.1 Å². The minimum Gasteiger partial charge on any atom is -0.478 e. The number of nitro benzene ring substituents is 1. The number of nitrogens with zero attached hydrogens (tertiary/aromatic N) is 1. The largest absolute Gasteiger partial charge is 0.478 e. The van der Waals surface area contributed by atoms with Crippen molar-refractivity contribution in [3.63, 3.8) is 0 Å². The van der Waals surface area contributed by atoms with Crippen LogP contribution in [0.2, 0.25) is 0 Å². The Morgan fingerprint density at radius 2 is 1.34 bits per heavy atom. The van der Waals surface area contributed by atoms with E-state index < -0.39 is 10.9 Å². The number of carboxylic acid groups (broad SMARTS) is 1. The van der Waals surface area contributed by atoms with Crippen molar-refractivity contribution < 1.29 is 14.8 Å². The van der Waals surface area contributed by atoms with Crippen molar-refractivity contribution in [1.29, 1.82) is 0 Å². The standard InChI is InChI=1S/C23H13NO4S/c25-23(26)20-11-4-16(5-12-20)1-2-18-6-10-19(22(15-18)24(27)28)9-3-17-7-13-21(29)14-8-17/h4-8,10-15,29H,(H,25,26). The smallest absolute Gasteiger partial charge is 0.335 e. The average Bonchev–Trinajstić information content (AvgIpc) is 2.72. The zero-order chi connectivity index (χ0) is 20.8. The van der Waals surface area contributed by atoms with Gasteiger partial charge in [-0.1, -0.05) is 23.7 Å². The van der Waals surface area contributed by atoms with E-state index in [2.05, 4.69) is 36.3 Å². The first-order valence-corrected chi connectivity index (χ1v) is 8.82. The zero-order valence-corrected chi connectivity index (χ0v) is 15.8. The van der Waals surface area contributed by atoms with E-state index in [1.54, 1.807) is 48.5 Å². The van der Waals surface area contributed by atoms with E-state index in [9.17, 15) is 14.9 Å². The topological polar surface area (TPSA) is 80.4 Å². The number of carboxylic acids is 1. The number of carbonyl (C=O) groups is 1. The molecule has 0 heterocycles. The second-order valence-electron chi connectivity index (χ2n) is 5.92. The number of nitro groups is 1. The van der Waals surface area contributed by atoms with Gasteiger partial charge in [0.2, 0.25) is 0 Å². The lowest BCUT2D eigenvalue weighted by Crippen LogP contribution is -1.95. The first kappa shape index (κ1) is 19.8. The maximum Gasteiger partial charge on any atom is 0.335 e. The zero-order valence-electron chi connectivity index (χ0n) is 14.9. The molecule has 140 valence electrons. The molecule has 0 saturated carbocycles. The molecule has 0 bridgehead atoms. The number of hydrogen-bond donors (Lipinski definition) is 2. The van der Waals surface area contributed by atoms with Gasteiger partial charge in [-0.05, 0) is 60.7 Å². The molecule has 3 rings (SSSR count). The summed E-state index contributed by atoms with van der Waals surface area (Å²) in [5.41, 5.74) is 2.12. The molecule has 1 N–H and O–H groups in total. The Morgan fingerprint density at radius 3 is 1.93 bits per heavy atom. The molecular formula is C23H13NO4S. The van der Waals surface area contributed by atoms with Crippen molar-refractivity contribution in [1.82, 2.24) is 0 Å². The SMILES string of the molecule is O=C(O)c1ccc(C#Cc2ccc(C#Cc3ccc(S)cc3)c([N+](=O)[O-])c2)cc1. The highest BCUT2D eigenvalue weighted by molar-refractivity contribution is 7.80. The van der Waals surface area contributed by atoms with Gasteiger partial charge in [-0.2, -0.15) is 0 Å². The Balaban J connectivity index is 1.88. The lowest BCUT2D eigenvalue weighted by Gasteiger charge is -1.97. The van der Waals surface area contributed by atoms with Crippen LogP contribution in [0.3, 0.4) is 0 Å². The molecule has 0 atom stereocenters. The monoisotopic (exact) mass is 399 g/mol. The van der Waals surface area contributed by atoms with Crippen LogP contribution in [0.25, 0.3) is 0 Å². The van der Waals surface area contributed by atoms with Crippen LogP contribution >= 0.6 is 12.6 Å². The van der Waals surface area contributed by atoms with Gasteiger partial charge in [0.05, 0.1) is 10.5 Å². The summed E-state index contributed by atoms with van der Waals surface area (Å²) >= 11 is 4.21. The highest BCUT2D eigenvalue weighted by Crippen LogP contribution is 2.19. The van der Waals surface area contributed by atoms with Crippen LogP contribution in [-0.4, -0.2) is 16.0 Å². The van der Waals surface area contributed by atoms with Gasteiger partial charge in [0.15, 0.2) is 0 Å². The average molecular weight is 399 g/mol. The third-order valence-corrected chi connectivity index (χ3v) is 4.18. The number of aromatic carboxylic acids is 1. The predicted octanol–water partition coefficient (Wildman–Crippen LogP) is 4.38. The summed E-state index contributed by atoms with van der Waals surface area (Å²) in [5.74, 6) is 10.4. The third-order valence-electron chi connectivity index (χ3n) is 3.89. The molecule has 5 nitrogen and oxygen atoms in total. The third kappa shape index (κ3) is 5.26. The van der Waals surface area contributed by atoms with Crippen LogP contribution in [0.15, 0.2) is 71.6 Å². The Kier molecular flexibility index (Phi) is 5.99. The molecule has 0 fully saturated rings. The second-order valence-corrected chi connectivity index (χ2v) is 6.43. The molecule has 3 aromatic rings. The summed E-state index contributed by atoms with van der Waals surface area (Å²) in [7, 11) is 0. The van der Waals surface area contributed by atoms with Crippen LogP contribution in [0.5, 0.6) is 0 Å². The summed E-state index contributed by atoms with van der Waals surface area (Å²) < 4.78 is 0. The molecule has 0 aliphatic heterocycles. The Labute approximate surface area is 172 Å². The fraction of sp³-hybridized carbons (Fsp3) is 0. The predicted molar refractivity (Wildman–Crippen MR) is 112 cm³/mol. The summed E-state index contributed by atoms with van der Waals surface area (Å²) in [6, 6.07) is 17.8. The number of benzene rings is 3. The molecule has 0 aliphatic carbocycles. The Morgan fingerprint density at radius 1 is 0.828 bits per heavy atom. The van der Waals surface area contributed by atoms with Crippen molar-refractivity contribution in [2.45, 2.75) is 4.90 Å². The van der Waals surface area contributed by atoms with E-state index in [0.29, 0.717) is 16.7 Å². The lowest BCUT2D eigenvalue weighted by molar-refractivity contribution is -0.385. The van der Waals surface area contributed by atoms with Gasteiger partial charge in [0.25, 0.3) is 5.69 Å². The van der Waals surface area contributed by atoms with E-state index in [0.717, 1.165) is 10.5 Å². The molecule has 0 saturated heterocycles. The first-order valence-electron chi connectivity index (χ1n) is 8.37. The van der Waals surface area contributed by atoms with Gasteiger partial charge in [-0.25, -0.2) is 4.79 Å². The van der Waals surface area contributed by atoms with Crippen LogP contribution in [0, 0.1) is 33.8 Å². The quantitative estimate of drug-likeness (QED) is 0.290. The van der Waals surface area contributed by atoms with Crippen molar-refractivity contribution >= 4 is 24.3 Å². The van der Waals surface area contributed by atoms with Gasteiger partial charge < -0.3 is 5.11 Å². The van der Waals surface area contributed by atoms with Crippen molar-refractivity contribution in [2.75, 3.05) is 0 Å². The maximum atomic E-state index is 11.4. The Hall–Kier alpha value is -4.00. The second kappa shape index (κ2) is 8.79. The van der Waals surface area contributed by atoms with Gasteiger partial charge >= 0.3 is 5.97 Å². The van der Waals surface area contributed by atoms with Crippen molar-refractivity contribution in [3.05, 3.63) is 105 Å². The fourth-order valence-corrected chi connectivity index (χ4v) is 2.54. The van der Waals surface area contributed by atoms with Crippen molar-refractivity contribution in [2.24, 2.45) is 0 Å². The first-order chi connectivity index (χ1) is 13.9. The normalized spacial score (nSPS) is 9.55. The van der Waals surface area contributed by atoms with Crippen LogP contribution in [0.1, 0.15) is 32.6 Å². The van der Waals surface area contributed by atoms with Crippen LogP contribution in [0.4, 0.5) is 5.69 Å². The highest BCUT2D eigenvalue weighted by Gasteiger charge is 2.12. The van der Waals surface area contributed by atoms with Gasteiger partial charge in [-0.15, -0.1) is 12.6 Å². The maximum absolute atomic E-state index is 11.4. The molecule has 6 heteroatoms. The molecule has 0 spiro atoms. The molecule has 0 amide bonds. The molecule has 0 radical (unpaired) electrons. The van der Waals surface area contributed by atoms with E-state index in [1.165, 1.54) is 18.2 Å². The van der Waals surface area contributed by atoms with Crippen molar-refractivity contribution in [3.8, 4) is 23.7 Å². The van der Waals surface area contributed by atoms with Gasteiger partial charge in [0.1, 0.15) is 5.56 Å². The molecule has 0 unspecified atom stereocenters. The summed E-state index contributed by atoms with van der Waals surface area (Å²) in [6.45, 7) is 0. The number of hydrogen-bond acceptors (Lipinski definition) is 4. The highest BCUT2D eigenvalue weighted by atomic mass is 32.1. The molecule has 0 aromatic heterocycles. The lowest BCUT2D eigenvalue weighted by atomic mass is 10.1. The summed E-state index contributed by atoms with van der Waals surface area (Å²) in [5, 5.41) is 20.3. The minimum atomic E-state index is -1.02. The van der Waals surface area contributed by atoms with E-state index >= 15 is 0 Å². The summed E-state index contributed by atoms with van der Waals surface area (Å²) in [4.78, 5) is 22.6. The molecular weight excluding hydrogens is 386 g/mol. The van der Waals surface area contributed by atoms with E-state index in [-0.39, 0.29) is 11.3 Å². The number of rotatable bonds is 2. The van der Waals surface area contributed by atoms with Crippen LogP contribution < -0.4 is 0 Å². The van der Waals surface area contributed by atoms with E-state index in [1.807, 2.05) is 0 Å². The fourth-order valence-electron chi connectivity index (χ4n) is 2.39. The molecule has 3 aromatic carbocycles. The van der Waals surface area contributed by atoms with E-state index in [4.69, 9.17) is 5.11 Å². The molecule has 29 heavy (non-hydrogen) atoms. The van der Waals surface area contributed by atoms with Gasteiger partial charge in [0, 0.05) is 27.7 Å². The minimum absolute atomic E-state index is 0.128. The Bertz CT molecular complexity index is 1210.